The summed E-state index contributed by atoms with van der Waals surface area (Å²) in [4.78, 5) is 11.9. The van der Waals surface area contributed by atoms with E-state index in [1.54, 1.807) is 17.1 Å². The number of aromatic nitrogens is 5. The Balaban J connectivity index is 1.56. The molecule has 1 fully saturated rings. The van der Waals surface area contributed by atoms with Gasteiger partial charge in [0, 0.05) is 32.1 Å². The Labute approximate surface area is 120 Å². The second-order valence-electron chi connectivity index (χ2n) is 4.93. The Kier molecular flexibility index (Phi) is 3.43. The molecular formula is C12H15ClN6O. The SMILES string of the molecule is Cn1c(NC(=O)CCn2cc(Cl)cn2)nnc1C1CC1. The van der Waals surface area contributed by atoms with E-state index >= 15 is 0 Å². The van der Waals surface area contributed by atoms with Crippen molar-refractivity contribution >= 4 is 23.5 Å². The van der Waals surface area contributed by atoms with Gasteiger partial charge in [-0.05, 0) is 12.8 Å². The van der Waals surface area contributed by atoms with E-state index in [1.807, 2.05) is 11.6 Å². The van der Waals surface area contributed by atoms with Gasteiger partial charge in [-0.15, -0.1) is 10.2 Å². The van der Waals surface area contributed by atoms with E-state index in [4.69, 9.17) is 11.6 Å². The Morgan fingerprint density at radius 2 is 2.30 bits per heavy atom. The van der Waals surface area contributed by atoms with Crippen LogP contribution in [0.2, 0.25) is 5.02 Å². The molecular weight excluding hydrogens is 280 g/mol. The monoisotopic (exact) mass is 294 g/mol. The first-order valence-corrected chi connectivity index (χ1v) is 6.88. The zero-order valence-electron chi connectivity index (χ0n) is 11.1. The number of nitrogens with zero attached hydrogens (tertiary/aromatic N) is 5. The molecule has 0 radical (unpaired) electrons. The average Bonchev–Trinajstić information content (AvgIpc) is 3.08. The van der Waals surface area contributed by atoms with E-state index in [0.29, 0.717) is 29.9 Å². The van der Waals surface area contributed by atoms with Crippen molar-refractivity contribution in [3.8, 4) is 0 Å². The van der Waals surface area contributed by atoms with E-state index in [-0.39, 0.29) is 5.91 Å². The molecule has 1 saturated carbocycles. The van der Waals surface area contributed by atoms with Crippen molar-refractivity contribution in [3.63, 3.8) is 0 Å². The van der Waals surface area contributed by atoms with E-state index in [2.05, 4.69) is 20.6 Å². The fourth-order valence-corrected chi connectivity index (χ4v) is 2.17. The number of aryl methyl sites for hydroxylation is 1. The van der Waals surface area contributed by atoms with Crippen molar-refractivity contribution in [1.29, 1.82) is 0 Å². The van der Waals surface area contributed by atoms with Crippen LogP contribution in [-0.2, 0) is 18.4 Å². The number of nitrogens with one attached hydrogen (secondary N) is 1. The molecule has 0 spiro atoms. The second-order valence-corrected chi connectivity index (χ2v) is 5.37. The third-order valence-electron chi connectivity index (χ3n) is 3.27. The number of hydrogen-bond donors (Lipinski definition) is 1. The van der Waals surface area contributed by atoms with Gasteiger partial charge in [0.05, 0.1) is 11.2 Å². The molecule has 0 aromatic carbocycles. The Hall–Kier alpha value is -1.89. The predicted molar refractivity (Wildman–Crippen MR) is 73.5 cm³/mol. The van der Waals surface area contributed by atoms with Gasteiger partial charge in [-0.1, -0.05) is 11.6 Å². The van der Waals surface area contributed by atoms with E-state index < -0.39 is 0 Å². The number of anilines is 1. The molecule has 20 heavy (non-hydrogen) atoms. The summed E-state index contributed by atoms with van der Waals surface area (Å²) in [5.74, 6) is 1.83. The van der Waals surface area contributed by atoms with E-state index in [1.165, 1.54) is 0 Å². The van der Waals surface area contributed by atoms with Gasteiger partial charge in [-0.3, -0.25) is 14.8 Å². The largest absolute Gasteiger partial charge is 0.300 e. The van der Waals surface area contributed by atoms with E-state index in [0.717, 1.165) is 18.7 Å². The third kappa shape index (κ3) is 2.82. The van der Waals surface area contributed by atoms with Gasteiger partial charge in [-0.25, -0.2) is 0 Å². The zero-order chi connectivity index (χ0) is 14.1. The standard InChI is InChI=1S/C12H15ClN6O/c1-18-11(8-2-3-8)16-17-12(18)15-10(20)4-5-19-7-9(13)6-14-19/h6-8H,2-5H2,1H3,(H,15,17,20). The van der Waals surface area contributed by atoms with Gasteiger partial charge < -0.3 is 4.57 Å². The highest BCUT2D eigenvalue weighted by molar-refractivity contribution is 6.30. The molecule has 1 aliphatic rings. The lowest BCUT2D eigenvalue weighted by atomic mass is 10.4. The number of hydrogen-bond acceptors (Lipinski definition) is 4. The van der Waals surface area contributed by atoms with Crippen molar-refractivity contribution in [2.24, 2.45) is 7.05 Å². The summed E-state index contributed by atoms with van der Waals surface area (Å²) in [7, 11) is 1.87. The molecule has 0 aliphatic heterocycles. The Morgan fingerprint density at radius 3 is 2.95 bits per heavy atom. The summed E-state index contributed by atoms with van der Waals surface area (Å²) >= 11 is 5.76. The normalized spacial score (nSPS) is 14.5. The molecule has 0 bridgehead atoms. The summed E-state index contributed by atoms with van der Waals surface area (Å²) in [6, 6.07) is 0. The molecule has 2 aromatic rings. The molecule has 3 rings (SSSR count). The first kappa shape index (κ1) is 13.1. The van der Waals surface area contributed by atoms with Crippen LogP contribution >= 0.6 is 11.6 Å². The van der Waals surface area contributed by atoms with Gasteiger partial charge in [0.1, 0.15) is 5.82 Å². The molecule has 1 N–H and O–H groups in total. The second kappa shape index (κ2) is 5.24. The average molecular weight is 295 g/mol. The lowest BCUT2D eigenvalue weighted by Gasteiger charge is -2.05. The van der Waals surface area contributed by atoms with Gasteiger partial charge in [0.2, 0.25) is 11.9 Å². The minimum absolute atomic E-state index is 0.116. The van der Waals surface area contributed by atoms with Crippen LogP contribution in [0.3, 0.4) is 0 Å². The lowest BCUT2D eigenvalue weighted by molar-refractivity contribution is -0.116. The van der Waals surface area contributed by atoms with Crippen molar-refractivity contribution < 1.29 is 4.79 Å². The molecule has 1 aliphatic carbocycles. The summed E-state index contributed by atoms with van der Waals surface area (Å²) < 4.78 is 3.48. The topological polar surface area (TPSA) is 77.6 Å². The van der Waals surface area contributed by atoms with Crippen LogP contribution in [0.15, 0.2) is 12.4 Å². The summed E-state index contributed by atoms with van der Waals surface area (Å²) in [6.07, 6.45) is 5.84. The molecule has 0 atom stereocenters. The maximum atomic E-state index is 11.9. The highest BCUT2D eigenvalue weighted by atomic mass is 35.5. The molecule has 106 valence electrons. The lowest BCUT2D eigenvalue weighted by Crippen LogP contribution is -2.17. The summed E-state index contributed by atoms with van der Waals surface area (Å²) in [6.45, 7) is 0.478. The van der Waals surface area contributed by atoms with Crippen molar-refractivity contribution in [3.05, 3.63) is 23.2 Å². The van der Waals surface area contributed by atoms with Crippen LogP contribution in [0, 0.1) is 0 Å². The molecule has 2 heterocycles. The summed E-state index contributed by atoms with van der Waals surface area (Å²) in [5, 5.41) is 15.5. The smallest absolute Gasteiger partial charge is 0.231 e. The quantitative estimate of drug-likeness (QED) is 0.908. The van der Waals surface area contributed by atoms with Gasteiger partial charge in [-0.2, -0.15) is 5.10 Å². The van der Waals surface area contributed by atoms with Gasteiger partial charge >= 0.3 is 0 Å². The minimum Gasteiger partial charge on any atom is -0.300 e. The van der Waals surface area contributed by atoms with Crippen LogP contribution in [0.25, 0.3) is 0 Å². The number of carbonyl (C=O) groups excluding carboxylic acids is 1. The number of rotatable bonds is 5. The molecule has 2 aromatic heterocycles. The molecule has 0 unspecified atom stereocenters. The van der Waals surface area contributed by atoms with E-state index in [9.17, 15) is 4.79 Å². The Morgan fingerprint density at radius 1 is 1.50 bits per heavy atom. The number of carbonyl (C=O) groups is 1. The highest BCUT2D eigenvalue weighted by Gasteiger charge is 2.29. The molecule has 7 nitrogen and oxygen atoms in total. The first-order valence-electron chi connectivity index (χ1n) is 6.50. The van der Waals surface area contributed by atoms with Crippen LogP contribution in [-0.4, -0.2) is 30.5 Å². The van der Waals surface area contributed by atoms with Crippen LogP contribution in [0.4, 0.5) is 5.95 Å². The zero-order valence-corrected chi connectivity index (χ0v) is 11.8. The van der Waals surface area contributed by atoms with Crippen molar-refractivity contribution in [2.45, 2.75) is 31.7 Å². The third-order valence-corrected chi connectivity index (χ3v) is 3.47. The predicted octanol–water partition coefficient (Wildman–Crippen LogP) is 1.57. The summed E-state index contributed by atoms with van der Waals surface area (Å²) in [5.41, 5.74) is 0. The van der Waals surface area contributed by atoms with Crippen LogP contribution < -0.4 is 5.32 Å². The molecule has 1 amide bonds. The number of amides is 1. The highest BCUT2D eigenvalue weighted by Crippen LogP contribution is 2.39. The van der Waals surface area contributed by atoms with Crippen molar-refractivity contribution in [1.82, 2.24) is 24.5 Å². The first-order chi connectivity index (χ1) is 9.63. The molecule has 0 saturated heterocycles. The number of halogens is 1. The van der Waals surface area contributed by atoms with Crippen LogP contribution in [0.1, 0.15) is 31.0 Å². The van der Waals surface area contributed by atoms with Crippen LogP contribution in [0.5, 0.6) is 0 Å². The minimum atomic E-state index is -0.116. The van der Waals surface area contributed by atoms with Gasteiger partial charge in [0.15, 0.2) is 0 Å². The maximum Gasteiger partial charge on any atom is 0.231 e. The Bertz CT molecular complexity index is 630. The fourth-order valence-electron chi connectivity index (χ4n) is 2.01. The van der Waals surface area contributed by atoms with Gasteiger partial charge in [0.25, 0.3) is 0 Å². The van der Waals surface area contributed by atoms with Crippen molar-refractivity contribution in [2.75, 3.05) is 5.32 Å². The fraction of sp³-hybridized carbons (Fsp3) is 0.500. The maximum absolute atomic E-state index is 11.9. The molecule has 8 heteroatoms.